The lowest BCUT2D eigenvalue weighted by molar-refractivity contribution is 0.0690. The van der Waals surface area contributed by atoms with Gasteiger partial charge in [0.05, 0.1) is 0 Å². The summed E-state index contributed by atoms with van der Waals surface area (Å²) in [6.07, 6.45) is 2.65. The van der Waals surface area contributed by atoms with Gasteiger partial charge in [-0.3, -0.25) is 9.36 Å². The van der Waals surface area contributed by atoms with Crippen LogP contribution in [-0.2, 0) is 6.54 Å². The van der Waals surface area contributed by atoms with Crippen LogP contribution in [0.25, 0.3) is 0 Å². The first-order chi connectivity index (χ1) is 7.16. The van der Waals surface area contributed by atoms with Crippen molar-refractivity contribution in [1.82, 2.24) is 9.55 Å². The molecule has 0 saturated heterocycles. The van der Waals surface area contributed by atoms with E-state index in [1.807, 2.05) is 0 Å². The number of carboxylic acids is 1. The zero-order valence-corrected chi connectivity index (χ0v) is 8.23. The van der Waals surface area contributed by atoms with Gasteiger partial charge in [0.15, 0.2) is 5.69 Å². The molecule has 0 aliphatic carbocycles. The number of carbonyl (C=O) groups is 1. The third-order valence-electron chi connectivity index (χ3n) is 1.72. The van der Waals surface area contributed by atoms with Crippen molar-refractivity contribution in [2.24, 2.45) is 0 Å². The van der Waals surface area contributed by atoms with E-state index in [-0.39, 0.29) is 23.0 Å². The van der Waals surface area contributed by atoms with Gasteiger partial charge in [-0.2, -0.15) is 0 Å². The van der Waals surface area contributed by atoms with Crippen LogP contribution in [-0.4, -0.2) is 20.6 Å². The van der Waals surface area contributed by atoms with E-state index in [0.29, 0.717) is 0 Å². The molecule has 0 aliphatic heterocycles. The lowest BCUT2D eigenvalue weighted by Gasteiger charge is -1.93. The fraction of sp³-hybridized carbons (Fsp3) is 0.125. The van der Waals surface area contributed by atoms with Crippen molar-refractivity contribution in [1.29, 1.82) is 0 Å². The van der Waals surface area contributed by atoms with Crippen molar-refractivity contribution >= 4 is 17.3 Å². The largest absolute Gasteiger partial charge is 0.476 e. The van der Waals surface area contributed by atoms with Crippen LogP contribution < -0.4 is 4.87 Å². The van der Waals surface area contributed by atoms with Gasteiger partial charge in [0, 0.05) is 11.6 Å². The van der Waals surface area contributed by atoms with E-state index in [0.717, 1.165) is 17.6 Å². The second kappa shape index (κ2) is 3.70. The molecule has 15 heavy (non-hydrogen) atoms. The van der Waals surface area contributed by atoms with Crippen LogP contribution in [0.3, 0.4) is 0 Å². The minimum Gasteiger partial charge on any atom is -0.476 e. The Morgan fingerprint density at radius 2 is 2.47 bits per heavy atom. The van der Waals surface area contributed by atoms with Crippen molar-refractivity contribution in [3.63, 3.8) is 0 Å². The minimum atomic E-state index is -1.15. The third-order valence-corrected chi connectivity index (χ3v) is 2.41. The van der Waals surface area contributed by atoms with Crippen molar-refractivity contribution in [2.45, 2.75) is 6.54 Å². The molecule has 2 rings (SSSR count). The molecular formula is C8H6N2O4S. The number of aromatic nitrogens is 2. The molecule has 1 N–H and O–H groups in total. The Morgan fingerprint density at radius 3 is 3.00 bits per heavy atom. The molecule has 0 radical (unpaired) electrons. The average molecular weight is 226 g/mol. The number of nitrogens with zero attached hydrogens (tertiary/aromatic N) is 2. The van der Waals surface area contributed by atoms with Crippen LogP contribution in [0.5, 0.6) is 0 Å². The third kappa shape index (κ3) is 1.96. The molecule has 0 aliphatic rings. The Morgan fingerprint density at radius 1 is 1.67 bits per heavy atom. The van der Waals surface area contributed by atoms with Crippen molar-refractivity contribution in [3.8, 4) is 0 Å². The Balaban J connectivity index is 2.22. The average Bonchev–Trinajstić information content (AvgIpc) is 2.77. The predicted octanol–water partition coefficient (Wildman–Crippen LogP) is 0.644. The van der Waals surface area contributed by atoms with Crippen molar-refractivity contribution < 1.29 is 14.3 Å². The van der Waals surface area contributed by atoms with Gasteiger partial charge in [-0.25, -0.2) is 9.78 Å². The summed E-state index contributed by atoms with van der Waals surface area (Å²) >= 11 is 1.06. The first-order valence-electron chi connectivity index (χ1n) is 3.98. The smallest absolute Gasteiger partial charge is 0.357 e. The molecular weight excluding hydrogens is 220 g/mol. The first kappa shape index (κ1) is 9.66. The summed E-state index contributed by atoms with van der Waals surface area (Å²) in [4.78, 5) is 25.2. The van der Waals surface area contributed by atoms with Gasteiger partial charge in [0.2, 0.25) is 5.89 Å². The Kier molecular flexibility index (Phi) is 2.38. The summed E-state index contributed by atoms with van der Waals surface area (Å²) in [6.45, 7) is 0.148. The molecule has 2 heterocycles. The van der Waals surface area contributed by atoms with E-state index in [1.165, 1.54) is 4.57 Å². The maximum absolute atomic E-state index is 11.2. The molecule has 78 valence electrons. The molecule has 0 bridgehead atoms. The Labute approximate surface area is 87.4 Å². The molecule has 6 nitrogen and oxygen atoms in total. The molecule has 0 amide bonds. The van der Waals surface area contributed by atoms with Crippen LogP contribution >= 0.6 is 11.3 Å². The highest BCUT2D eigenvalue weighted by molar-refractivity contribution is 7.07. The van der Waals surface area contributed by atoms with Gasteiger partial charge in [-0.15, -0.1) is 0 Å². The van der Waals surface area contributed by atoms with Crippen molar-refractivity contribution in [3.05, 3.63) is 39.1 Å². The highest BCUT2D eigenvalue weighted by Gasteiger charge is 2.10. The normalized spacial score (nSPS) is 10.4. The summed E-state index contributed by atoms with van der Waals surface area (Å²) in [6, 6.07) is 0. The van der Waals surface area contributed by atoms with Gasteiger partial charge in [-0.1, -0.05) is 11.3 Å². The van der Waals surface area contributed by atoms with Gasteiger partial charge >= 0.3 is 10.8 Å². The molecule has 0 fully saturated rings. The van der Waals surface area contributed by atoms with Crippen molar-refractivity contribution in [2.75, 3.05) is 0 Å². The fourth-order valence-electron chi connectivity index (χ4n) is 1.04. The quantitative estimate of drug-likeness (QED) is 0.830. The summed E-state index contributed by atoms with van der Waals surface area (Å²) in [5.74, 6) is -0.949. The van der Waals surface area contributed by atoms with E-state index < -0.39 is 5.97 Å². The highest BCUT2D eigenvalue weighted by Crippen LogP contribution is 2.03. The summed E-state index contributed by atoms with van der Waals surface area (Å²) in [7, 11) is 0. The highest BCUT2D eigenvalue weighted by atomic mass is 32.1. The number of rotatable bonds is 3. The lowest BCUT2D eigenvalue weighted by atomic mass is 10.5. The van der Waals surface area contributed by atoms with Crippen LogP contribution in [0.2, 0.25) is 0 Å². The molecule has 7 heteroatoms. The lowest BCUT2D eigenvalue weighted by Crippen LogP contribution is -2.12. The van der Waals surface area contributed by atoms with Crippen LogP contribution in [0.15, 0.2) is 27.1 Å². The summed E-state index contributed by atoms with van der Waals surface area (Å²) < 4.78 is 6.30. The maximum atomic E-state index is 11.2. The van der Waals surface area contributed by atoms with Gasteiger partial charge in [0.1, 0.15) is 12.8 Å². The minimum absolute atomic E-state index is 0.134. The summed E-state index contributed by atoms with van der Waals surface area (Å²) in [5, 5.41) is 10.2. The zero-order chi connectivity index (χ0) is 10.8. The fourth-order valence-corrected chi connectivity index (χ4v) is 1.62. The van der Waals surface area contributed by atoms with E-state index in [4.69, 9.17) is 9.52 Å². The number of hydrogen-bond donors (Lipinski definition) is 1. The van der Waals surface area contributed by atoms with E-state index in [9.17, 15) is 9.59 Å². The summed E-state index contributed by atoms with van der Waals surface area (Å²) in [5.41, 5.74) is -0.159. The Bertz CT molecular complexity index is 539. The molecule has 0 atom stereocenters. The number of thiazole rings is 1. The molecule has 0 saturated carbocycles. The monoisotopic (exact) mass is 226 g/mol. The van der Waals surface area contributed by atoms with E-state index in [2.05, 4.69) is 4.98 Å². The van der Waals surface area contributed by atoms with Gasteiger partial charge in [0.25, 0.3) is 0 Å². The second-order valence-corrected chi connectivity index (χ2v) is 3.59. The SMILES string of the molecule is O=C(O)c1coc(Cn2ccsc2=O)n1. The molecule has 0 spiro atoms. The van der Waals surface area contributed by atoms with E-state index in [1.54, 1.807) is 11.6 Å². The molecule has 0 unspecified atom stereocenters. The molecule has 2 aromatic heterocycles. The maximum Gasteiger partial charge on any atom is 0.357 e. The molecule has 0 aromatic carbocycles. The number of hydrogen-bond acceptors (Lipinski definition) is 5. The van der Waals surface area contributed by atoms with Gasteiger partial charge < -0.3 is 9.52 Å². The van der Waals surface area contributed by atoms with E-state index >= 15 is 0 Å². The zero-order valence-electron chi connectivity index (χ0n) is 7.41. The topological polar surface area (TPSA) is 85.3 Å². The van der Waals surface area contributed by atoms with Crippen LogP contribution in [0, 0.1) is 0 Å². The standard InChI is InChI=1S/C8H6N2O4S/c11-7(12)5-4-14-6(9-5)3-10-1-2-15-8(10)13/h1-2,4H,3H2,(H,11,12). The van der Waals surface area contributed by atoms with Gasteiger partial charge in [-0.05, 0) is 0 Å². The second-order valence-electron chi connectivity index (χ2n) is 2.73. The molecule has 2 aromatic rings. The Hall–Kier alpha value is -1.89. The predicted molar refractivity (Wildman–Crippen MR) is 51.1 cm³/mol. The van der Waals surface area contributed by atoms with Crippen LogP contribution in [0.4, 0.5) is 0 Å². The number of aromatic carboxylic acids is 1. The number of carboxylic acid groups (broad SMARTS) is 1. The first-order valence-corrected chi connectivity index (χ1v) is 4.86. The number of oxazole rings is 1. The van der Waals surface area contributed by atoms with Crippen LogP contribution in [0.1, 0.15) is 16.4 Å².